The zero-order chi connectivity index (χ0) is 41.5. The summed E-state index contributed by atoms with van der Waals surface area (Å²) in [6, 6.07) is 68.4. The molecule has 13 rings (SSSR count). The largest absolute Gasteiger partial charge is 0.457 e. The Morgan fingerprint density at radius 2 is 0.921 bits per heavy atom. The number of benzene rings is 8. The van der Waals surface area contributed by atoms with Crippen LogP contribution in [0, 0.1) is 0 Å². The highest BCUT2D eigenvalue weighted by Gasteiger charge is 2.52. The second kappa shape index (κ2) is 13.7. The van der Waals surface area contributed by atoms with Gasteiger partial charge in [0.15, 0.2) is 28.9 Å². The number of hydrogen-bond donors (Lipinski definition) is 0. The van der Waals surface area contributed by atoms with E-state index in [1.807, 2.05) is 109 Å². The molecule has 4 heterocycles. The molecule has 0 atom stereocenters. The molecule has 0 saturated heterocycles. The summed E-state index contributed by atoms with van der Waals surface area (Å²) in [6.07, 6.45) is 0. The first-order chi connectivity index (χ1) is 31.2. The minimum absolute atomic E-state index is 0.588. The molecule has 0 radical (unpaired) electrons. The standard InChI is InChI=1S/C56H33N5O2/c1-4-17-34(18-5-1)49-51-50(39-23-10-13-28-45(39)63-51)58-55(57-49)40-25-16-24-38-41-33-37(54-60-52(35-19-6-2-7-20-35)59-53(61-54)36-21-8-3-9-22-36)31-32-42(41)56(48(38)40)43-26-11-14-29-46(43)62-47-30-15-12-27-44(47)56/h1-33H. The molecular weight excluding hydrogens is 775 g/mol. The average molecular weight is 808 g/mol. The summed E-state index contributed by atoms with van der Waals surface area (Å²) in [4.78, 5) is 26.1. The first-order valence-corrected chi connectivity index (χ1v) is 21.0. The van der Waals surface area contributed by atoms with Crippen LogP contribution < -0.4 is 4.74 Å². The van der Waals surface area contributed by atoms with Crippen LogP contribution in [0.4, 0.5) is 0 Å². The van der Waals surface area contributed by atoms with Crippen LogP contribution in [0.1, 0.15) is 22.3 Å². The maximum absolute atomic E-state index is 6.75. The first-order valence-electron chi connectivity index (χ1n) is 21.0. The lowest BCUT2D eigenvalue weighted by Crippen LogP contribution is -2.32. The van der Waals surface area contributed by atoms with Gasteiger partial charge in [-0.05, 0) is 52.6 Å². The molecule has 8 aromatic carbocycles. The van der Waals surface area contributed by atoms with Crippen molar-refractivity contribution in [2.45, 2.75) is 5.41 Å². The molecule has 0 amide bonds. The van der Waals surface area contributed by atoms with Gasteiger partial charge in [-0.25, -0.2) is 24.9 Å². The summed E-state index contributed by atoms with van der Waals surface area (Å²) in [6.45, 7) is 0. The zero-order valence-corrected chi connectivity index (χ0v) is 33.6. The van der Waals surface area contributed by atoms with Gasteiger partial charge in [0, 0.05) is 44.3 Å². The van der Waals surface area contributed by atoms with Crippen molar-refractivity contribution in [2.24, 2.45) is 0 Å². The number of hydrogen-bond acceptors (Lipinski definition) is 7. The number of para-hydroxylation sites is 3. The second-order valence-corrected chi connectivity index (χ2v) is 15.9. The van der Waals surface area contributed by atoms with Crippen molar-refractivity contribution in [3.63, 3.8) is 0 Å². The molecule has 63 heavy (non-hydrogen) atoms. The van der Waals surface area contributed by atoms with Crippen LogP contribution in [0.3, 0.4) is 0 Å². The lowest BCUT2D eigenvalue weighted by Gasteiger charge is -2.40. The van der Waals surface area contributed by atoms with Crippen molar-refractivity contribution in [2.75, 3.05) is 0 Å². The molecule has 294 valence electrons. The van der Waals surface area contributed by atoms with E-state index < -0.39 is 5.41 Å². The van der Waals surface area contributed by atoms with Gasteiger partial charge < -0.3 is 9.15 Å². The van der Waals surface area contributed by atoms with Crippen molar-refractivity contribution < 1.29 is 9.15 Å². The van der Waals surface area contributed by atoms with Crippen LogP contribution in [-0.4, -0.2) is 24.9 Å². The minimum Gasteiger partial charge on any atom is -0.457 e. The van der Waals surface area contributed by atoms with Gasteiger partial charge in [-0.1, -0.05) is 170 Å². The number of aromatic nitrogens is 5. The molecular formula is C56H33N5O2. The molecule has 1 spiro atoms. The summed E-state index contributed by atoms with van der Waals surface area (Å²) in [5, 5.41) is 0.937. The van der Waals surface area contributed by atoms with Crippen molar-refractivity contribution in [1.29, 1.82) is 0 Å². The predicted molar refractivity (Wildman–Crippen MR) is 247 cm³/mol. The Morgan fingerprint density at radius 3 is 1.59 bits per heavy atom. The quantitative estimate of drug-likeness (QED) is 0.171. The number of fused-ring (bicyclic) bond motifs is 12. The third-order valence-electron chi connectivity index (χ3n) is 12.4. The van der Waals surface area contributed by atoms with Crippen molar-refractivity contribution in [1.82, 2.24) is 24.9 Å². The summed E-state index contributed by atoms with van der Waals surface area (Å²) < 4.78 is 13.3. The first kappa shape index (κ1) is 35.2. The summed E-state index contributed by atoms with van der Waals surface area (Å²) in [5.41, 5.74) is 13.1. The fraction of sp³-hybridized carbons (Fsp3) is 0.0179. The Hall–Kier alpha value is -8.55. The van der Waals surface area contributed by atoms with Crippen LogP contribution >= 0.6 is 0 Å². The third kappa shape index (κ3) is 5.30. The van der Waals surface area contributed by atoms with Crippen molar-refractivity contribution >= 4 is 22.1 Å². The highest BCUT2D eigenvalue weighted by Crippen LogP contribution is 2.64. The Labute approximate surface area is 362 Å². The Balaban J connectivity index is 1.11. The van der Waals surface area contributed by atoms with E-state index in [2.05, 4.69) is 91.0 Å². The lowest BCUT2D eigenvalue weighted by atomic mass is 9.65. The van der Waals surface area contributed by atoms with E-state index in [1.54, 1.807) is 0 Å². The smallest absolute Gasteiger partial charge is 0.180 e. The number of ether oxygens (including phenoxy) is 1. The van der Waals surface area contributed by atoms with E-state index in [-0.39, 0.29) is 0 Å². The zero-order valence-electron chi connectivity index (χ0n) is 33.6. The Morgan fingerprint density at radius 1 is 0.365 bits per heavy atom. The van der Waals surface area contributed by atoms with Gasteiger partial charge in [-0.15, -0.1) is 0 Å². The maximum Gasteiger partial charge on any atom is 0.180 e. The summed E-state index contributed by atoms with van der Waals surface area (Å²) in [5.74, 6) is 4.02. The van der Waals surface area contributed by atoms with E-state index in [1.165, 1.54) is 0 Å². The van der Waals surface area contributed by atoms with Gasteiger partial charge in [0.05, 0.1) is 5.41 Å². The highest BCUT2D eigenvalue weighted by atomic mass is 16.5. The molecule has 0 unspecified atom stereocenters. The third-order valence-corrected chi connectivity index (χ3v) is 12.4. The number of nitrogens with zero attached hydrogens (tertiary/aromatic N) is 5. The molecule has 0 bridgehead atoms. The summed E-state index contributed by atoms with van der Waals surface area (Å²) >= 11 is 0. The van der Waals surface area contributed by atoms with Crippen LogP contribution in [-0.2, 0) is 5.41 Å². The SMILES string of the molecule is c1ccc(-c2nc(-c3ccccc3)nc(-c3ccc4c(c3)-c3cccc(-c5nc(-c6ccccc6)c6oc7ccccc7c6n5)c3C43c4ccccc4Oc4ccccc43)n2)cc1. The average Bonchev–Trinajstić information content (AvgIpc) is 3.88. The molecule has 0 N–H and O–H groups in total. The van der Waals surface area contributed by atoms with Gasteiger partial charge in [0.2, 0.25) is 0 Å². The number of rotatable bonds is 5. The van der Waals surface area contributed by atoms with Gasteiger partial charge in [-0.2, -0.15) is 0 Å². The molecule has 3 aromatic heterocycles. The molecule has 7 heteroatoms. The van der Waals surface area contributed by atoms with E-state index in [0.29, 0.717) is 28.9 Å². The number of furan rings is 1. The highest BCUT2D eigenvalue weighted by molar-refractivity contribution is 6.07. The molecule has 1 aliphatic heterocycles. The molecule has 1 aliphatic carbocycles. The normalized spacial score (nSPS) is 13.0. The molecule has 7 nitrogen and oxygen atoms in total. The van der Waals surface area contributed by atoms with Gasteiger partial charge >= 0.3 is 0 Å². The van der Waals surface area contributed by atoms with E-state index in [0.717, 1.165) is 94.9 Å². The lowest BCUT2D eigenvalue weighted by molar-refractivity contribution is 0.436. The van der Waals surface area contributed by atoms with Crippen molar-refractivity contribution in [3.8, 4) is 79.4 Å². The van der Waals surface area contributed by atoms with Crippen LogP contribution in [0.25, 0.3) is 90.0 Å². The maximum atomic E-state index is 6.75. The molecule has 2 aliphatic rings. The van der Waals surface area contributed by atoms with E-state index in [4.69, 9.17) is 34.1 Å². The van der Waals surface area contributed by atoms with Crippen LogP contribution in [0.2, 0.25) is 0 Å². The molecule has 11 aromatic rings. The minimum atomic E-state index is -0.807. The van der Waals surface area contributed by atoms with Gasteiger partial charge in [0.25, 0.3) is 0 Å². The van der Waals surface area contributed by atoms with Crippen molar-refractivity contribution in [3.05, 3.63) is 222 Å². The Bertz CT molecular complexity index is 3500. The van der Waals surface area contributed by atoms with E-state index >= 15 is 0 Å². The Kier molecular flexibility index (Phi) is 7.68. The van der Waals surface area contributed by atoms with Gasteiger partial charge in [-0.3, -0.25) is 0 Å². The topological polar surface area (TPSA) is 86.8 Å². The summed E-state index contributed by atoms with van der Waals surface area (Å²) in [7, 11) is 0. The van der Waals surface area contributed by atoms with Crippen LogP contribution in [0.5, 0.6) is 11.5 Å². The fourth-order valence-electron chi connectivity index (χ4n) is 9.73. The molecule has 0 saturated carbocycles. The fourth-order valence-corrected chi connectivity index (χ4v) is 9.73. The van der Waals surface area contributed by atoms with Gasteiger partial charge in [0.1, 0.15) is 28.3 Å². The monoisotopic (exact) mass is 807 g/mol. The predicted octanol–water partition coefficient (Wildman–Crippen LogP) is 13.4. The van der Waals surface area contributed by atoms with E-state index in [9.17, 15) is 0 Å². The van der Waals surface area contributed by atoms with Crippen LogP contribution in [0.15, 0.2) is 205 Å². The molecule has 0 fully saturated rings. The second-order valence-electron chi connectivity index (χ2n) is 15.9.